The highest BCUT2D eigenvalue weighted by atomic mass is 16.1. The first kappa shape index (κ1) is 10.8. The van der Waals surface area contributed by atoms with Crippen molar-refractivity contribution in [1.29, 1.82) is 0 Å². The fourth-order valence-corrected chi connectivity index (χ4v) is 1.45. The summed E-state index contributed by atoms with van der Waals surface area (Å²) in [6.07, 6.45) is 8.15. The minimum absolute atomic E-state index is 0.143. The standard InChI is InChI=1S/C12H15N3O/c1-2-11(16)13-6-5-9-7-14-12(15-8-9)10-3-4-10/h2,7-8,10H,1,3-6H2,(H,13,16). The second-order valence-corrected chi connectivity index (χ2v) is 3.97. The number of amides is 1. The molecule has 2 rings (SSSR count). The van der Waals surface area contributed by atoms with Gasteiger partial charge in [0.25, 0.3) is 0 Å². The van der Waals surface area contributed by atoms with Gasteiger partial charge in [-0.05, 0) is 30.9 Å². The van der Waals surface area contributed by atoms with Gasteiger partial charge < -0.3 is 5.32 Å². The van der Waals surface area contributed by atoms with E-state index < -0.39 is 0 Å². The van der Waals surface area contributed by atoms with Gasteiger partial charge in [-0.1, -0.05) is 6.58 Å². The molecule has 1 heterocycles. The summed E-state index contributed by atoms with van der Waals surface area (Å²) in [6.45, 7) is 3.98. The highest BCUT2D eigenvalue weighted by Crippen LogP contribution is 2.37. The number of carbonyl (C=O) groups is 1. The van der Waals surface area contributed by atoms with Gasteiger partial charge in [-0.3, -0.25) is 4.79 Å². The van der Waals surface area contributed by atoms with Crippen LogP contribution in [0.1, 0.15) is 30.1 Å². The van der Waals surface area contributed by atoms with Crippen LogP contribution in [0.4, 0.5) is 0 Å². The number of nitrogens with zero attached hydrogens (tertiary/aromatic N) is 2. The Kier molecular flexibility index (Phi) is 3.29. The molecule has 16 heavy (non-hydrogen) atoms. The molecule has 0 aliphatic heterocycles. The maximum absolute atomic E-state index is 10.9. The number of nitrogens with one attached hydrogen (secondary N) is 1. The van der Waals surface area contributed by atoms with E-state index in [0.717, 1.165) is 17.8 Å². The van der Waals surface area contributed by atoms with Crippen LogP contribution in [-0.2, 0) is 11.2 Å². The normalized spacial score (nSPS) is 14.5. The summed E-state index contributed by atoms with van der Waals surface area (Å²) in [5.74, 6) is 1.41. The number of rotatable bonds is 5. The summed E-state index contributed by atoms with van der Waals surface area (Å²) >= 11 is 0. The molecule has 4 nitrogen and oxygen atoms in total. The molecule has 4 heteroatoms. The zero-order valence-electron chi connectivity index (χ0n) is 9.15. The van der Waals surface area contributed by atoms with Crippen molar-refractivity contribution < 1.29 is 4.79 Å². The third kappa shape index (κ3) is 2.89. The van der Waals surface area contributed by atoms with Crippen LogP contribution < -0.4 is 5.32 Å². The van der Waals surface area contributed by atoms with Crippen molar-refractivity contribution in [3.8, 4) is 0 Å². The van der Waals surface area contributed by atoms with Crippen molar-refractivity contribution in [1.82, 2.24) is 15.3 Å². The highest BCUT2D eigenvalue weighted by Gasteiger charge is 2.25. The molecule has 1 aliphatic rings. The molecule has 1 amide bonds. The van der Waals surface area contributed by atoms with Crippen LogP contribution in [0.15, 0.2) is 25.0 Å². The quantitative estimate of drug-likeness (QED) is 0.754. The zero-order chi connectivity index (χ0) is 11.4. The number of hydrogen-bond donors (Lipinski definition) is 1. The molecule has 0 radical (unpaired) electrons. The molecule has 0 unspecified atom stereocenters. The lowest BCUT2D eigenvalue weighted by molar-refractivity contribution is -0.116. The molecule has 0 bridgehead atoms. The molecule has 1 aromatic heterocycles. The Morgan fingerprint density at radius 2 is 2.19 bits per heavy atom. The third-order valence-electron chi connectivity index (χ3n) is 2.57. The van der Waals surface area contributed by atoms with Crippen molar-refractivity contribution in [3.05, 3.63) is 36.4 Å². The van der Waals surface area contributed by atoms with Crippen molar-refractivity contribution in [2.24, 2.45) is 0 Å². The summed E-state index contributed by atoms with van der Waals surface area (Å²) in [6, 6.07) is 0. The molecule has 0 saturated heterocycles. The second-order valence-electron chi connectivity index (χ2n) is 3.97. The van der Waals surface area contributed by atoms with E-state index in [0.29, 0.717) is 12.5 Å². The highest BCUT2D eigenvalue weighted by molar-refractivity contribution is 5.86. The summed E-state index contributed by atoms with van der Waals surface area (Å²) in [5.41, 5.74) is 1.05. The maximum Gasteiger partial charge on any atom is 0.243 e. The van der Waals surface area contributed by atoms with Gasteiger partial charge in [0.15, 0.2) is 0 Å². The number of hydrogen-bond acceptors (Lipinski definition) is 3. The molecule has 1 N–H and O–H groups in total. The van der Waals surface area contributed by atoms with E-state index in [1.165, 1.54) is 18.9 Å². The molecule has 0 atom stereocenters. The Bertz CT molecular complexity index is 382. The lowest BCUT2D eigenvalue weighted by Crippen LogP contribution is -2.23. The minimum Gasteiger partial charge on any atom is -0.352 e. The second kappa shape index (κ2) is 4.88. The van der Waals surface area contributed by atoms with Gasteiger partial charge in [-0.2, -0.15) is 0 Å². The molecular formula is C12H15N3O. The first-order chi connectivity index (χ1) is 7.79. The smallest absolute Gasteiger partial charge is 0.243 e. The van der Waals surface area contributed by atoms with Crippen LogP contribution in [0.2, 0.25) is 0 Å². The molecule has 0 spiro atoms. The van der Waals surface area contributed by atoms with Crippen LogP contribution in [0.3, 0.4) is 0 Å². The lowest BCUT2D eigenvalue weighted by Gasteiger charge is -2.02. The lowest BCUT2D eigenvalue weighted by atomic mass is 10.2. The fraction of sp³-hybridized carbons (Fsp3) is 0.417. The Morgan fingerprint density at radius 3 is 2.75 bits per heavy atom. The van der Waals surface area contributed by atoms with Crippen LogP contribution in [0.5, 0.6) is 0 Å². The Hall–Kier alpha value is -1.71. The van der Waals surface area contributed by atoms with E-state index in [1.807, 2.05) is 12.4 Å². The average Bonchev–Trinajstić information content (AvgIpc) is 3.14. The van der Waals surface area contributed by atoms with Gasteiger partial charge >= 0.3 is 0 Å². The van der Waals surface area contributed by atoms with Crippen LogP contribution in [-0.4, -0.2) is 22.4 Å². The zero-order valence-corrected chi connectivity index (χ0v) is 9.15. The molecule has 1 aromatic rings. The van der Waals surface area contributed by atoms with E-state index in [2.05, 4.69) is 21.9 Å². The largest absolute Gasteiger partial charge is 0.352 e. The molecular weight excluding hydrogens is 202 g/mol. The topological polar surface area (TPSA) is 54.9 Å². The predicted octanol–water partition coefficient (Wildman–Crippen LogP) is 1.20. The summed E-state index contributed by atoms with van der Waals surface area (Å²) in [5, 5.41) is 2.72. The van der Waals surface area contributed by atoms with E-state index in [-0.39, 0.29) is 5.91 Å². The van der Waals surface area contributed by atoms with Gasteiger partial charge in [0.2, 0.25) is 5.91 Å². The first-order valence-electron chi connectivity index (χ1n) is 5.50. The van der Waals surface area contributed by atoms with Gasteiger partial charge in [0, 0.05) is 24.9 Å². The molecule has 1 fully saturated rings. The van der Waals surface area contributed by atoms with Crippen molar-refractivity contribution in [3.63, 3.8) is 0 Å². The van der Waals surface area contributed by atoms with Gasteiger partial charge in [-0.15, -0.1) is 0 Å². The summed E-state index contributed by atoms with van der Waals surface area (Å²) in [4.78, 5) is 19.5. The Labute approximate surface area is 94.8 Å². The van der Waals surface area contributed by atoms with E-state index in [4.69, 9.17) is 0 Å². The maximum atomic E-state index is 10.9. The van der Waals surface area contributed by atoms with Gasteiger partial charge in [-0.25, -0.2) is 9.97 Å². The van der Waals surface area contributed by atoms with Gasteiger partial charge in [0.1, 0.15) is 5.82 Å². The SMILES string of the molecule is C=CC(=O)NCCc1cnc(C2CC2)nc1. The van der Waals surface area contributed by atoms with E-state index >= 15 is 0 Å². The minimum atomic E-state index is -0.143. The molecule has 1 aliphatic carbocycles. The van der Waals surface area contributed by atoms with E-state index in [1.54, 1.807) is 0 Å². The Balaban J connectivity index is 1.80. The average molecular weight is 217 g/mol. The van der Waals surface area contributed by atoms with Gasteiger partial charge in [0.05, 0.1) is 0 Å². The first-order valence-corrected chi connectivity index (χ1v) is 5.50. The molecule has 1 saturated carbocycles. The molecule has 84 valence electrons. The number of aromatic nitrogens is 2. The monoisotopic (exact) mass is 217 g/mol. The summed E-state index contributed by atoms with van der Waals surface area (Å²) in [7, 11) is 0. The molecule has 0 aromatic carbocycles. The third-order valence-corrected chi connectivity index (χ3v) is 2.57. The fourth-order valence-electron chi connectivity index (χ4n) is 1.45. The Morgan fingerprint density at radius 1 is 1.50 bits per heavy atom. The van der Waals surface area contributed by atoms with Crippen molar-refractivity contribution in [2.75, 3.05) is 6.54 Å². The van der Waals surface area contributed by atoms with Crippen LogP contribution >= 0.6 is 0 Å². The predicted molar refractivity (Wildman–Crippen MR) is 60.9 cm³/mol. The van der Waals surface area contributed by atoms with Crippen molar-refractivity contribution in [2.45, 2.75) is 25.2 Å². The van der Waals surface area contributed by atoms with E-state index in [9.17, 15) is 4.79 Å². The van der Waals surface area contributed by atoms with Crippen LogP contribution in [0.25, 0.3) is 0 Å². The van der Waals surface area contributed by atoms with Crippen molar-refractivity contribution >= 4 is 5.91 Å². The van der Waals surface area contributed by atoms with Crippen LogP contribution in [0, 0.1) is 0 Å². The summed E-state index contributed by atoms with van der Waals surface area (Å²) < 4.78 is 0. The number of carbonyl (C=O) groups excluding carboxylic acids is 1.